The van der Waals surface area contributed by atoms with Crippen molar-refractivity contribution in [1.29, 1.82) is 0 Å². The van der Waals surface area contributed by atoms with Crippen molar-refractivity contribution in [2.24, 2.45) is 0 Å². The Hall–Kier alpha value is -3.54. The first kappa shape index (κ1) is 18.8. The first-order chi connectivity index (χ1) is 13.7. The Bertz CT molecular complexity index is 1220. The van der Waals surface area contributed by atoms with Crippen LogP contribution in [0.5, 0.6) is 0 Å². The Morgan fingerprint density at radius 1 is 0.966 bits per heavy atom. The van der Waals surface area contributed by atoms with Gasteiger partial charge in [-0.1, -0.05) is 24.3 Å². The van der Waals surface area contributed by atoms with Crippen LogP contribution in [-0.2, 0) is 5.54 Å². The summed E-state index contributed by atoms with van der Waals surface area (Å²) in [6, 6.07) is 13.8. The van der Waals surface area contributed by atoms with Crippen LogP contribution >= 0.6 is 0 Å². The van der Waals surface area contributed by atoms with Gasteiger partial charge in [0.2, 0.25) is 5.95 Å². The van der Waals surface area contributed by atoms with Crippen molar-refractivity contribution in [2.75, 3.05) is 5.73 Å². The Balaban J connectivity index is 1.93. The van der Waals surface area contributed by atoms with Crippen LogP contribution < -0.4 is 5.73 Å². The molecule has 6 heteroatoms. The molecule has 0 aliphatic heterocycles. The summed E-state index contributed by atoms with van der Waals surface area (Å²) in [7, 11) is 0. The van der Waals surface area contributed by atoms with E-state index in [9.17, 15) is 4.79 Å². The fraction of sp³-hybridized carbons (Fsp3) is 0.217. The molecule has 2 aromatic carbocycles. The molecule has 0 amide bonds. The minimum atomic E-state index is -0.192. The lowest BCUT2D eigenvalue weighted by Gasteiger charge is -2.25. The van der Waals surface area contributed by atoms with Gasteiger partial charge in [0.25, 0.3) is 0 Å². The molecule has 0 atom stereocenters. The largest absolute Gasteiger partial charge is 0.368 e. The molecule has 2 aromatic heterocycles. The number of hydrogen-bond donors (Lipinski definition) is 1. The third-order valence-corrected chi connectivity index (χ3v) is 4.86. The molecule has 0 radical (unpaired) electrons. The normalized spacial score (nSPS) is 11.7. The number of imidazole rings is 1. The van der Waals surface area contributed by atoms with Gasteiger partial charge in [-0.05, 0) is 51.5 Å². The summed E-state index contributed by atoms with van der Waals surface area (Å²) < 4.78 is 2.21. The molecule has 0 saturated carbocycles. The highest BCUT2D eigenvalue weighted by Crippen LogP contribution is 2.33. The standard InChI is InChI=1S/C23H23N5O/c1-14(29)15-6-5-7-17(10-15)21-27-19-11-16(18-12-25-22(24)26-13-18)8-9-20(19)28(21)23(2,3)4/h5-13H,1-4H3,(H2,24,25,26). The van der Waals surface area contributed by atoms with E-state index >= 15 is 0 Å². The first-order valence-electron chi connectivity index (χ1n) is 9.46. The molecule has 2 heterocycles. The van der Waals surface area contributed by atoms with Gasteiger partial charge >= 0.3 is 0 Å². The molecule has 0 bridgehead atoms. The van der Waals surface area contributed by atoms with Crippen LogP contribution in [0.3, 0.4) is 0 Å². The van der Waals surface area contributed by atoms with E-state index in [1.54, 1.807) is 19.3 Å². The minimum absolute atomic E-state index is 0.0379. The number of Topliss-reactive ketones (excluding diaryl/α,β-unsaturated/α-hetero) is 1. The number of carbonyl (C=O) groups excluding carboxylic acids is 1. The van der Waals surface area contributed by atoms with E-state index in [1.165, 1.54) is 0 Å². The summed E-state index contributed by atoms with van der Waals surface area (Å²) in [6.07, 6.45) is 3.42. The molecular weight excluding hydrogens is 362 g/mol. The molecule has 4 aromatic rings. The lowest BCUT2D eigenvalue weighted by molar-refractivity contribution is 0.101. The number of carbonyl (C=O) groups is 1. The van der Waals surface area contributed by atoms with E-state index < -0.39 is 0 Å². The van der Waals surface area contributed by atoms with Crippen LogP contribution in [0.15, 0.2) is 54.9 Å². The Morgan fingerprint density at radius 3 is 2.34 bits per heavy atom. The maximum absolute atomic E-state index is 11.9. The number of anilines is 1. The smallest absolute Gasteiger partial charge is 0.219 e. The lowest BCUT2D eigenvalue weighted by Crippen LogP contribution is -2.22. The van der Waals surface area contributed by atoms with Gasteiger partial charge in [0.15, 0.2) is 5.78 Å². The fourth-order valence-corrected chi connectivity index (χ4v) is 3.50. The lowest BCUT2D eigenvalue weighted by atomic mass is 10.0. The van der Waals surface area contributed by atoms with E-state index in [2.05, 4.69) is 41.4 Å². The third-order valence-electron chi connectivity index (χ3n) is 4.86. The number of aromatic nitrogens is 4. The van der Waals surface area contributed by atoms with Crippen molar-refractivity contribution in [3.05, 3.63) is 60.4 Å². The highest BCUT2D eigenvalue weighted by Gasteiger charge is 2.23. The molecule has 0 aliphatic carbocycles. The number of nitrogens with zero attached hydrogens (tertiary/aromatic N) is 4. The van der Waals surface area contributed by atoms with E-state index in [1.807, 2.05) is 36.4 Å². The Morgan fingerprint density at radius 2 is 1.69 bits per heavy atom. The average Bonchev–Trinajstić information content (AvgIpc) is 3.08. The van der Waals surface area contributed by atoms with Crippen molar-refractivity contribution in [2.45, 2.75) is 33.2 Å². The summed E-state index contributed by atoms with van der Waals surface area (Å²) in [6.45, 7) is 8.02. The summed E-state index contributed by atoms with van der Waals surface area (Å²) in [5.41, 5.74) is 10.8. The predicted molar refractivity (Wildman–Crippen MR) is 116 cm³/mol. The number of rotatable bonds is 3. The van der Waals surface area contributed by atoms with E-state index in [0.717, 1.165) is 33.5 Å². The monoisotopic (exact) mass is 385 g/mol. The van der Waals surface area contributed by atoms with Gasteiger partial charge in [0.1, 0.15) is 5.82 Å². The summed E-state index contributed by atoms with van der Waals surface area (Å²) >= 11 is 0. The molecule has 29 heavy (non-hydrogen) atoms. The highest BCUT2D eigenvalue weighted by atomic mass is 16.1. The maximum Gasteiger partial charge on any atom is 0.219 e. The van der Waals surface area contributed by atoms with Gasteiger partial charge in [-0.3, -0.25) is 4.79 Å². The van der Waals surface area contributed by atoms with Gasteiger partial charge in [-0.15, -0.1) is 0 Å². The molecule has 0 saturated heterocycles. The number of fused-ring (bicyclic) bond motifs is 1. The van der Waals surface area contributed by atoms with Crippen LogP contribution in [0.2, 0.25) is 0 Å². The second-order valence-electron chi connectivity index (χ2n) is 8.11. The van der Waals surface area contributed by atoms with Gasteiger partial charge in [0, 0.05) is 34.6 Å². The van der Waals surface area contributed by atoms with Gasteiger partial charge in [0.05, 0.1) is 11.0 Å². The topological polar surface area (TPSA) is 86.7 Å². The zero-order valence-electron chi connectivity index (χ0n) is 17.0. The van der Waals surface area contributed by atoms with Crippen molar-refractivity contribution in [3.63, 3.8) is 0 Å². The van der Waals surface area contributed by atoms with E-state index in [-0.39, 0.29) is 17.3 Å². The zero-order chi connectivity index (χ0) is 20.8. The summed E-state index contributed by atoms with van der Waals surface area (Å²) in [5.74, 6) is 1.12. The minimum Gasteiger partial charge on any atom is -0.368 e. The number of benzene rings is 2. The van der Waals surface area contributed by atoms with E-state index in [0.29, 0.717) is 5.56 Å². The highest BCUT2D eigenvalue weighted by molar-refractivity contribution is 5.95. The third kappa shape index (κ3) is 3.49. The molecule has 2 N–H and O–H groups in total. The number of ketones is 1. The van der Waals surface area contributed by atoms with Crippen LogP contribution in [0.25, 0.3) is 33.5 Å². The average molecular weight is 385 g/mol. The Kier molecular flexibility index (Phi) is 4.42. The summed E-state index contributed by atoms with van der Waals surface area (Å²) in [4.78, 5) is 25.0. The first-order valence-corrected chi connectivity index (χ1v) is 9.46. The molecule has 0 aliphatic rings. The molecule has 6 nitrogen and oxygen atoms in total. The van der Waals surface area contributed by atoms with E-state index in [4.69, 9.17) is 10.7 Å². The van der Waals surface area contributed by atoms with Crippen LogP contribution in [0.4, 0.5) is 5.95 Å². The fourth-order valence-electron chi connectivity index (χ4n) is 3.50. The van der Waals surface area contributed by atoms with Gasteiger partial charge in [-0.25, -0.2) is 15.0 Å². The maximum atomic E-state index is 11.9. The molecule has 0 spiro atoms. The van der Waals surface area contributed by atoms with Gasteiger partial charge < -0.3 is 10.3 Å². The molecular formula is C23H23N5O. The molecule has 146 valence electrons. The quantitative estimate of drug-likeness (QED) is 0.517. The molecule has 0 fully saturated rings. The number of nitrogen functional groups attached to an aromatic ring is 1. The second kappa shape index (κ2) is 6.81. The number of hydrogen-bond acceptors (Lipinski definition) is 5. The van der Waals surface area contributed by atoms with Crippen LogP contribution in [0.1, 0.15) is 38.1 Å². The zero-order valence-corrected chi connectivity index (χ0v) is 17.0. The van der Waals surface area contributed by atoms with Crippen molar-refractivity contribution in [1.82, 2.24) is 19.5 Å². The van der Waals surface area contributed by atoms with Gasteiger partial charge in [-0.2, -0.15) is 0 Å². The molecule has 0 unspecified atom stereocenters. The summed E-state index contributed by atoms with van der Waals surface area (Å²) in [5, 5.41) is 0. The van der Waals surface area contributed by atoms with Crippen LogP contribution in [0, 0.1) is 0 Å². The van der Waals surface area contributed by atoms with Crippen molar-refractivity contribution in [3.8, 4) is 22.5 Å². The Labute approximate surface area is 169 Å². The predicted octanol–water partition coefficient (Wildman–Crippen LogP) is 4.70. The van der Waals surface area contributed by atoms with Crippen molar-refractivity contribution < 1.29 is 4.79 Å². The number of nitrogens with two attached hydrogens (primary N) is 1. The van der Waals surface area contributed by atoms with Crippen LogP contribution in [-0.4, -0.2) is 25.3 Å². The second-order valence-corrected chi connectivity index (χ2v) is 8.11. The molecule has 4 rings (SSSR count). The SMILES string of the molecule is CC(=O)c1cccc(-c2nc3cc(-c4cnc(N)nc4)ccc3n2C(C)(C)C)c1. The van der Waals surface area contributed by atoms with Crippen molar-refractivity contribution >= 4 is 22.8 Å².